The third-order valence-electron chi connectivity index (χ3n) is 2.76. The minimum atomic E-state index is -3.61. The standard InChI is InChI=1S/C12H20N2O3S2/c1-3-4-9(2)12(15)14-8-7-10-5-6-11(18-10)19(13,16)17/h5-6,9H,3-4,7-8H2,1-2H3,(H,14,15)(H2,13,16,17). The molecule has 0 fully saturated rings. The summed E-state index contributed by atoms with van der Waals surface area (Å²) in [5.41, 5.74) is 0. The summed E-state index contributed by atoms with van der Waals surface area (Å²) in [5, 5.41) is 7.88. The molecule has 108 valence electrons. The van der Waals surface area contributed by atoms with E-state index in [9.17, 15) is 13.2 Å². The molecule has 1 amide bonds. The first-order chi connectivity index (χ1) is 8.84. The van der Waals surface area contributed by atoms with Crippen LogP contribution in [0.4, 0.5) is 0 Å². The molecule has 1 atom stereocenters. The van der Waals surface area contributed by atoms with Gasteiger partial charge in [-0.2, -0.15) is 0 Å². The third kappa shape index (κ3) is 5.30. The van der Waals surface area contributed by atoms with Gasteiger partial charge in [0.25, 0.3) is 0 Å². The Labute approximate surface area is 118 Å². The number of rotatable bonds is 7. The van der Waals surface area contributed by atoms with Gasteiger partial charge >= 0.3 is 0 Å². The van der Waals surface area contributed by atoms with Gasteiger partial charge in [-0.3, -0.25) is 4.79 Å². The van der Waals surface area contributed by atoms with Crippen LogP contribution in [0.5, 0.6) is 0 Å². The predicted octanol–water partition coefficient (Wildman–Crippen LogP) is 1.49. The van der Waals surface area contributed by atoms with Crippen LogP contribution in [0.25, 0.3) is 0 Å². The van der Waals surface area contributed by atoms with Crippen LogP contribution in [0.3, 0.4) is 0 Å². The molecular weight excluding hydrogens is 284 g/mol. The maximum atomic E-state index is 11.7. The van der Waals surface area contributed by atoms with Crippen molar-refractivity contribution in [3.8, 4) is 0 Å². The zero-order valence-electron chi connectivity index (χ0n) is 11.2. The quantitative estimate of drug-likeness (QED) is 0.799. The van der Waals surface area contributed by atoms with E-state index in [0.717, 1.165) is 29.1 Å². The molecule has 0 spiro atoms. The van der Waals surface area contributed by atoms with Crippen molar-refractivity contribution in [2.75, 3.05) is 6.54 Å². The molecule has 1 rings (SSSR count). The summed E-state index contributed by atoms with van der Waals surface area (Å²) in [6, 6.07) is 3.23. The molecule has 1 heterocycles. The Morgan fingerprint density at radius 3 is 2.68 bits per heavy atom. The number of nitrogens with two attached hydrogens (primary N) is 1. The fourth-order valence-electron chi connectivity index (χ4n) is 1.69. The van der Waals surface area contributed by atoms with E-state index < -0.39 is 10.0 Å². The smallest absolute Gasteiger partial charge is 0.247 e. The van der Waals surface area contributed by atoms with E-state index in [1.165, 1.54) is 6.07 Å². The van der Waals surface area contributed by atoms with Crippen molar-refractivity contribution >= 4 is 27.3 Å². The number of sulfonamides is 1. The molecular formula is C12H20N2O3S2. The monoisotopic (exact) mass is 304 g/mol. The molecule has 19 heavy (non-hydrogen) atoms. The normalized spacial score (nSPS) is 13.2. The van der Waals surface area contributed by atoms with E-state index in [0.29, 0.717) is 13.0 Å². The van der Waals surface area contributed by atoms with E-state index in [4.69, 9.17) is 5.14 Å². The number of primary sulfonamides is 1. The van der Waals surface area contributed by atoms with Crippen molar-refractivity contribution < 1.29 is 13.2 Å². The molecule has 0 aliphatic heterocycles. The van der Waals surface area contributed by atoms with Crippen molar-refractivity contribution in [3.63, 3.8) is 0 Å². The lowest BCUT2D eigenvalue weighted by Crippen LogP contribution is -2.30. The molecule has 0 saturated heterocycles. The minimum Gasteiger partial charge on any atom is -0.356 e. The molecule has 1 aromatic heterocycles. The molecule has 0 aromatic carbocycles. The Morgan fingerprint density at radius 2 is 2.16 bits per heavy atom. The lowest BCUT2D eigenvalue weighted by Gasteiger charge is -2.10. The molecule has 3 N–H and O–H groups in total. The van der Waals surface area contributed by atoms with Gasteiger partial charge in [0.15, 0.2) is 0 Å². The second kappa shape index (κ2) is 7.02. The van der Waals surface area contributed by atoms with Crippen molar-refractivity contribution in [1.82, 2.24) is 5.32 Å². The predicted molar refractivity (Wildman–Crippen MR) is 76.5 cm³/mol. The van der Waals surface area contributed by atoms with Gasteiger partial charge in [-0.05, 0) is 25.0 Å². The third-order valence-corrected chi connectivity index (χ3v) is 5.34. The minimum absolute atomic E-state index is 0.0216. The lowest BCUT2D eigenvalue weighted by molar-refractivity contribution is -0.124. The fourth-order valence-corrected chi connectivity index (χ4v) is 3.47. The van der Waals surface area contributed by atoms with Crippen LogP contribution in [0, 0.1) is 5.92 Å². The molecule has 1 aromatic rings. The van der Waals surface area contributed by atoms with Crippen LogP contribution in [0.2, 0.25) is 0 Å². The summed E-state index contributed by atoms with van der Waals surface area (Å²) in [5.74, 6) is 0.0680. The summed E-state index contributed by atoms with van der Waals surface area (Å²) in [7, 11) is -3.61. The summed E-state index contributed by atoms with van der Waals surface area (Å²) in [6.07, 6.45) is 2.47. The average Bonchev–Trinajstić information content (AvgIpc) is 2.77. The molecule has 1 unspecified atom stereocenters. The van der Waals surface area contributed by atoms with E-state index in [2.05, 4.69) is 5.32 Å². The van der Waals surface area contributed by atoms with E-state index in [1.54, 1.807) is 6.07 Å². The largest absolute Gasteiger partial charge is 0.356 e. The Balaban J connectivity index is 2.42. The van der Waals surface area contributed by atoms with E-state index >= 15 is 0 Å². The van der Waals surface area contributed by atoms with Crippen LogP contribution in [0.15, 0.2) is 16.3 Å². The molecule has 0 bridgehead atoms. The summed E-state index contributed by atoms with van der Waals surface area (Å²) in [6.45, 7) is 4.46. The van der Waals surface area contributed by atoms with Gasteiger partial charge in [-0.25, -0.2) is 13.6 Å². The maximum Gasteiger partial charge on any atom is 0.247 e. The molecule has 7 heteroatoms. The number of amides is 1. The van der Waals surface area contributed by atoms with Crippen LogP contribution < -0.4 is 10.5 Å². The second-order valence-corrected chi connectivity index (χ2v) is 7.45. The number of nitrogens with one attached hydrogen (secondary N) is 1. The Hall–Kier alpha value is -0.920. The van der Waals surface area contributed by atoms with Gasteiger partial charge in [0.1, 0.15) is 4.21 Å². The molecule has 0 aliphatic rings. The first kappa shape index (κ1) is 16.1. The Kier molecular flexibility index (Phi) is 5.96. The molecule has 0 radical (unpaired) electrons. The topological polar surface area (TPSA) is 89.3 Å². The van der Waals surface area contributed by atoms with Crippen molar-refractivity contribution in [3.05, 3.63) is 17.0 Å². The number of hydrogen-bond acceptors (Lipinski definition) is 4. The molecule has 0 saturated carbocycles. The summed E-state index contributed by atoms with van der Waals surface area (Å²) < 4.78 is 22.4. The van der Waals surface area contributed by atoms with Crippen LogP contribution in [-0.4, -0.2) is 20.9 Å². The van der Waals surface area contributed by atoms with Gasteiger partial charge in [0.05, 0.1) is 0 Å². The molecule has 5 nitrogen and oxygen atoms in total. The van der Waals surface area contributed by atoms with Crippen molar-refractivity contribution in [2.24, 2.45) is 11.1 Å². The van der Waals surface area contributed by atoms with Gasteiger partial charge in [0.2, 0.25) is 15.9 Å². The molecule has 0 aliphatic carbocycles. The van der Waals surface area contributed by atoms with E-state index in [-0.39, 0.29) is 16.0 Å². The second-order valence-electron chi connectivity index (χ2n) is 4.50. The maximum absolute atomic E-state index is 11.7. The highest BCUT2D eigenvalue weighted by Gasteiger charge is 2.13. The van der Waals surface area contributed by atoms with Crippen LogP contribution in [0.1, 0.15) is 31.6 Å². The highest BCUT2D eigenvalue weighted by Crippen LogP contribution is 2.20. The number of hydrogen-bond donors (Lipinski definition) is 2. The highest BCUT2D eigenvalue weighted by atomic mass is 32.2. The van der Waals surface area contributed by atoms with E-state index in [1.807, 2.05) is 13.8 Å². The first-order valence-corrected chi connectivity index (χ1v) is 8.60. The van der Waals surface area contributed by atoms with Crippen molar-refractivity contribution in [1.29, 1.82) is 0 Å². The summed E-state index contributed by atoms with van der Waals surface area (Å²) in [4.78, 5) is 12.6. The van der Waals surface area contributed by atoms with Gasteiger partial charge < -0.3 is 5.32 Å². The summed E-state index contributed by atoms with van der Waals surface area (Å²) >= 11 is 1.15. The number of carbonyl (C=O) groups is 1. The SMILES string of the molecule is CCCC(C)C(=O)NCCc1ccc(S(N)(=O)=O)s1. The zero-order valence-corrected chi connectivity index (χ0v) is 12.8. The first-order valence-electron chi connectivity index (χ1n) is 6.23. The Morgan fingerprint density at radius 1 is 1.47 bits per heavy atom. The highest BCUT2D eigenvalue weighted by molar-refractivity contribution is 7.91. The Bertz CT molecular complexity index is 523. The van der Waals surface area contributed by atoms with Gasteiger partial charge in [-0.1, -0.05) is 20.3 Å². The van der Waals surface area contributed by atoms with Crippen molar-refractivity contribution in [2.45, 2.75) is 37.3 Å². The zero-order chi connectivity index (χ0) is 14.5. The fraction of sp³-hybridized carbons (Fsp3) is 0.583. The van der Waals surface area contributed by atoms with Gasteiger partial charge in [0, 0.05) is 17.3 Å². The average molecular weight is 304 g/mol. The number of carbonyl (C=O) groups excluding carboxylic acids is 1. The lowest BCUT2D eigenvalue weighted by atomic mass is 10.1. The van der Waals surface area contributed by atoms with Gasteiger partial charge in [-0.15, -0.1) is 11.3 Å². The van der Waals surface area contributed by atoms with Crippen LogP contribution >= 0.6 is 11.3 Å². The van der Waals surface area contributed by atoms with Crippen LogP contribution in [-0.2, 0) is 21.2 Å². The number of thiophene rings is 1.